The Morgan fingerprint density at radius 2 is 1.89 bits per heavy atom. The van der Waals surface area contributed by atoms with Crippen LogP contribution in [-0.4, -0.2) is 24.3 Å². The van der Waals surface area contributed by atoms with Crippen molar-refractivity contribution < 1.29 is 14.5 Å². The third-order valence-corrected chi connectivity index (χ3v) is 5.28. The molecule has 28 heavy (non-hydrogen) atoms. The molecule has 6 heteroatoms. The highest BCUT2D eigenvalue weighted by atomic mass is 16.6. The fourth-order valence-corrected chi connectivity index (χ4v) is 3.82. The predicted molar refractivity (Wildman–Crippen MR) is 109 cm³/mol. The van der Waals surface area contributed by atoms with Gasteiger partial charge in [0.25, 0.3) is 0 Å². The van der Waals surface area contributed by atoms with E-state index >= 15 is 0 Å². The molecule has 0 N–H and O–H groups in total. The summed E-state index contributed by atoms with van der Waals surface area (Å²) >= 11 is 0. The summed E-state index contributed by atoms with van der Waals surface area (Å²) < 4.78 is 5.84. The topological polar surface area (TPSA) is 72.7 Å². The lowest BCUT2D eigenvalue weighted by molar-refractivity contribution is -0.384. The van der Waals surface area contributed by atoms with Crippen LogP contribution in [0.15, 0.2) is 42.5 Å². The summed E-state index contributed by atoms with van der Waals surface area (Å²) in [6.45, 7) is 3.86. The third-order valence-electron chi connectivity index (χ3n) is 5.28. The van der Waals surface area contributed by atoms with Crippen LogP contribution in [0.1, 0.15) is 38.2 Å². The Balaban J connectivity index is 1.81. The number of benzene rings is 2. The molecule has 0 radical (unpaired) electrons. The zero-order chi connectivity index (χ0) is 19.9. The minimum absolute atomic E-state index is 0.00779. The second-order valence-corrected chi connectivity index (χ2v) is 7.22. The Kier molecular flexibility index (Phi) is 6.63. The number of rotatable bonds is 8. The van der Waals surface area contributed by atoms with Gasteiger partial charge in [-0.1, -0.05) is 38.0 Å². The smallest absolute Gasteiger partial charge is 0.334 e. The number of hydrogen-bond acceptors (Lipinski definition) is 5. The van der Waals surface area contributed by atoms with Gasteiger partial charge in [0, 0.05) is 19.5 Å². The van der Waals surface area contributed by atoms with E-state index in [2.05, 4.69) is 11.8 Å². The number of carbonyl (C=O) groups excluding carboxylic acids is 1. The summed E-state index contributed by atoms with van der Waals surface area (Å²) in [5, 5.41) is 11.8. The molecule has 0 amide bonds. The molecule has 2 aromatic rings. The number of ether oxygens (including phenoxy) is 1. The van der Waals surface area contributed by atoms with Crippen molar-refractivity contribution in [2.45, 2.75) is 39.0 Å². The second kappa shape index (κ2) is 9.35. The van der Waals surface area contributed by atoms with Crippen LogP contribution >= 0.6 is 0 Å². The van der Waals surface area contributed by atoms with Gasteiger partial charge in [0.2, 0.25) is 5.75 Å². The molecule has 1 saturated heterocycles. The lowest BCUT2D eigenvalue weighted by Gasteiger charge is -2.33. The van der Waals surface area contributed by atoms with Crippen LogP contribution in [0.4, 0.5) is 11.4 Å². The molecule has 148 valence electrons. The standard InChI is InChI=1S/C22H26N2O4/c1-2-4-17-11-14-23(15-12-17)20-5-3-6-21(22(20)24(26)27)28-19-9-7-18(8-10-19)13-16-25/h3,5-10,16-17H,2,4,11-15H2,1H3. The van der Waals surface area contributed by atoms with Crippen LogP contribution in [0.25, 0.3) is 0 Å². The van der Waals surface area contributed by atoms with Gasteiger partial charge in [-0.2, -0.15) is 0 Å². The molecule has 2 aromatic carbocycles. The average molecular weight is 382 g/mol. The van der Waals surface area contributed by atoms with Crippen LogP contribution in [0.3, 0.4) is 0 Å². The maximum Gasteiger partial charge on any atom is 0.334 e. The molecule has 0 atom stereocenters. The van der Waals surface area contributed by atoms with Crippen LogP contribution in [0.5, 0.6) is 11.5 Å². The number of nitro benzene ring substituents is 1. The second-order valence-electron chi connectivity index (χ2n) is 7.22. The van der Waals surface area contributed by atoms with Gasteiger partial charge in [0.15, 0.2) is 0 Å². The molecule has 1 fully saturated rings. The Hall–Kier alpha value is -2.89. The van der Waals surface area contributed by atoms with Crippen molar-refractivity contribution in [2.75, 3.05) is 18.0 Å². The summed E-state index contributed by atoms with van der Waals surface area (Å²) in [6.07, 6.45) is 5.71. The van der Waals surface area contributed by atoms with E-state index in [1.54, 1.807) is 42.5 Å². The number of aldehydes is 1. The zero-order valence-electron chi connectivity index (χ0n) is 16.2. The van der Waals surface area contributed by atoms with Gasteiger partial charge >= 0.3 is 5.69 Å². The van der Waals surface area contributed by atoms with Crippen molar-refractivity contribution in [1.29, 1.82) is 0 Å². The number of para-hydroxylation sites is 1. The first-order chi connectivity index (χ1) is 13.6. The lowest BCUT2D eigenvalue weighted by Crippen LogP contribution is -2.34. The molecule has 0 aromatic heterocycles. The molecular weight excluding hydrogens is 356 g/mol. The van der Waals surface area contributed by atoms with Gasteiger partial charge in [-0.05, 0) is 48.6 Å². The van der Waals surface area contributed by atoms with E-state index in [-0.39, 0.29) is 16.4 Å². The van der Waals surface area contributed by atoms with Gasteiger partial charge in [-0.25, -0.2) is 0 Å². The minimum Gasteiger partial charge on any atom is -0.450 e. The van der Waals surface area contributed by atoms with Gasteiger partial charge in [-0.3, -0.25) is 10.1 Å². The summed E-state index contributed by atoms with van der Waals surface area (Å²) in [5.41, 5.74) is 1.50. The van der Waals surface area contributed by atoms with E-state index in [1.807, 2.05) is 0 Å². The highest BCUT2D eigenvalue weighted by Crippen LogP contribution is 2.40. The molecule has 1 aliphatic rings. The van der Waals surface area contributed by atoms with Crippen LogP contribution in [0.2, 0.25) is 0 Å². The molecule has 1 heterocycles. The number of piperidine rings is 1. The molecule has 0 bridgehead atoms. The van der Waals surface area contributed by atoms with Crippen molar-refractivity contribution in [1.82, 2.24) is 0 Å². The molecule has 0 aliphatic carbocycles. The van der Waals surface area contributed by atoms with E-state index in [9.17, 15) is 14.9 Å². The minimum atomic E-state index is -0.358. The number of anilines is 1. The first kappa shape index (κ1) is 19.9. The SMILES string of the molecule is CCCC1CCN(c2cccc(Oc3ccc(CC=O)cc3)c2[N+](=O)[O-])CC1. The molecular formula is C22H26N2O4. The van der Waals surface area contributed by atoms with E-state index < -0.39 is 0 Å². The Morgan fingerprint density at radius 3 is 2.50 bits per heavy atom. The summed E-state index contributed by atoms with van der Waals surface area (Å²) in [4.78, 5) is 24.2. The highest BCUT2D eigenvalue weighted by Gasteiger charge is 2.28. The van der Waals surface area contributed by atoms with E-state index in [1.165, 1.54) is 12.8 Å². The van der Waals surface area contributed by atoms with Crippen LogP contribution in [0, 0.1) is 16.0 Å². The quantitative estimate of drug-likeness (QED) is 0.359. The van der Waals surface area contributed by atoms with Gasteiger partial charge in [0.1, 0.15) is 17.7 Å². The van der Waals surface area contributed by atoms with Crippen molar-refractivity contribution in [3.8, 4) is 11.5 Å². The maximum absolute atomic E-state index is 11.8. The van der Waals surface area contributed by atoms with Gasteiger partial charge in [0.05, 0.1) is 4.92 Å². The average Bonchev–Trinajstić information content (AvgIpc) is 2.70. The Morgan fingerprint density at radius 1 is 1.18 bits per heavy atom. The normalized spacial score (nSPS) is 14.7. The predicted octanol–water partition coefficient (Wildman–Crippen LogP) is 5.15. The molecule has 0 unspecified atom stereocenters. The summed E-state index contributed by atoms with van der Waals surface area (Å²) in [7, 11) is 0. The lowest BCUT2D eigenvalue weighted by atomic mass is 9.92. The van der Waals surface area contributed by atoms with Gasteiger partial charge < -0.3 is 14.4 Å². The van der Waals surface area contributed by atoms with Crippen molar-refractivity contribution in [3.63, 3.8) is 0 Å². The Bertz CT molecular complexity index is 812. The molecule has 0 spiro atoms. The van der Waals surface area contributed by atoms with Crippen molar-refractivity contribution in [2.24, 2.45) is 5.92 Å². The molecule has 6 nitrogen and oxygen atoms in total. The fraction of sp³-hybridized carbons (Fsp3) is 0.409. The number of carbonyl (C=O) groups is 1. The first-order valence-electron chi connectivity index (χ1n) is 9.85. The molecule has 3 rings (SSSR count). The highest BCUT2D eigenvalue weighted by molar-refractivity contribution is 5.70. The van der Waals surface area contributed by atoms with Crippen molar-refractivity contribution in [3.05, 3.63) is 58.1 Å². The summed E-state index contributed by atoms with van der Waals surface area (Å²) in [6, 6.07) is 12.3. The third kappa shape index (κ3) is 4.68. The van der Waals surface area contributed by atoms with E-state index in [0.717, 1.165) is 37.8 Å². The summed E-state index contributed by atoms with van der Waals surface area (Å²) in [5.74, 6) is 1.46. The monoisotopic (exact) mass is 382 g/mol. The maximum atomic E-state index is 11.8. The van der Waals surface area contributed by atoms with Crippen molar-refractivity contribution >= 4 is 17.7 Å². The number of hydrogen-bond donors (Lipinski definition) is 0. The van der Waals surface area contributed by atoms with Crippen LogP contribution in [-0.2, 0) is 11.2 Å². The first-order valence-corrected chi connectivity index (χ1v) is 9.85. The number of nitrogens with zero attached hydrogens (tertiary/aromatic N) is 2. The molecule has 0 saturated carbocycles. The van der Waals surface area contributed by atoms with E-state index in [0.29, 0.717) is 23.8 Å². The largest absolute Gasteiger partial charge is 0.450 e. The Labute approximate surface area is 165 Å². The fourth-order valence-electron chi connectivity index (χ4n) is 3.82. The molecule has 1 aliphatic heterocycles. The number of nitro groups is 1. The van der Waals surface area contributed by atoms with Gasteiger partial charge in [-0.15, -0.1) is 0 Å². The van der Waals surface area contributed by atoms with Crippen LogP contribution < -0.4 is 9.64 Å². The van der Waals surface area contributed by atoms with E-state index in [4.69, 9.17) is 4.74 Å². The zero-order valence-corrected chi connectivity index (χ0v) is 16.2.